The van der Waals surface area contributed by atoms with Gasteiger partial charge in [0.15, 0.2) is 0 Å². The normalized spacial score (nSPS) is 18.4. The molecule has 4 heteroatoms. The van der Waals surface area contributed by atoms with Crippen LogP contribution in [-0.4, -0.2) is 13.3 Å². The van der Waals surface area contributed by atoms with Crippen LogP contribution < -0.4 is 16.6 Å². The number of hydrazine groups is 1. The molecular formula is C14H20N4. The van der Waals surface area contributed by atoms with Gasteiger partial charge in [0.1, 0.15) is 0 Å². The minimum atomic E-state index is 0.836. The van der Waals surface area contributed by atoms with E-state index in [-0.39, 0.29) is 0 Å². The fourth-order valence-corrected chi connectivity index (χ4v) is 1.74. The Bertz CT molecular complexity index is 425. The summed E-state index contributed by atoms with van der Waals surface area (Å²) in [6.07, 6.45) is 14.3. The molecule has 0 radical (unpaired) electrons. The van der Waals surface area contributed by atoms with E-state index in [4.69, 9.17) is 5.84 Å². The summed E-state index contributed by atoms with van der Waals surface area (Å²) in [5.41, 5.74) is 6.21. The van der Waals surface area contributed by atoms with E-state index in [1.165, 1.54) is 11.1 Å². The van der Waals surface area contributed by atoms with Gasteiger partial charge in [-0.2, -0.15) is 0 Å². The molecule has 1 heterocycles. The van der Waals surface area contributed by atoms with Gasteiger partial charge >= 0.3 is 0 Å². The number of hydrogen-bond acceptors (Lipinski definition) is 4. The summed E-state index contributed by atoms with van der Waals surface area (Å²) in [4.78, 5) is 3.68. The molecule has 0 spiro atoms. The maximum atomic E-state index is 5.33. The fourth-order valence-electron chi connectivity index (χ4n) is 1.74. The predicted molar refractivity (Wildman–Crippen MR) is 77.7 cm³/mol. The zero-order valence-electron chi connectivity index (χ0n) is 10.7. The van der Waals surface area contributed by atoms with Crippen molar-refractivity contribution in [2.45, 2.75) is 13.3 Å². The standard InChI is InChI=1S/C14H20N4/c1-3-5-12(9-18-15)8-14-11-17-10-13(14)6-4-7-16-2/h3-7,9,11,17-18H,2,8,10,15H2,1H3/b5-3-,7-4-,12-9+,13-6+. The highest BCUT2D eigenvalue weighted by atomic mass is 15.2. The zero-order chi connectivity index (χ0) is 13.2. The summed E-state index contributed by atoms with van der Waals surface area (Å²) in [7, 11) is 0. The smallest absolute Gasteiger partial charge is 0.0398 e. The van der Waals surface area contributed by atoms with Gasteiger partial charge in [-0.15, -0.1) is 0 Å². The van der Waals surface area contributed by atoms with Crippen molar-refractivity contribution >= 4 is 6.72 Å². The number of allylic oxidation sites excluding steroid dienone is 5. The number of nitrogens with two attached hydrogens (primary N) is 1. The van der Waals surface area contributed by atoms with Crippen LogP contribution in [-0.2, 0) is 0 Å². The first-order valence-electron chi connectivity index (χ1n) is 5.84. The van der Waals surface area contributed by atoms with E-state index < -0.39 is 0 Å². The van der Waals surface area contributed by atoms with Crippen LogP contribution in [0.3, 0.4) is 0 Å². The van der Waals surface area contributed by atoms with Crippen molar-refractivity contribution < 1.29 is 0 Å². The number of aliphatic imine (C=N–C) groups is 1. The average molecular weight is 244 g/mol. The molecule has 0 aromatic heterocycles. The molecule has 1 aliphatic heterocycles. The van der Waals surface area contributed by atoms with Crippen molar-refractivity contribution in [1.82, 2.24) is 10.7 Å². The number of nitrogens with one attached hydrogen (secondary N) is 2. The quantitative estimate of drug-likeness (QED) is 0.289. The third kappa shape index (κ3) is 4.43. The molecule has 0 unspecified atom stereocenters. The van der Waals surface area contributed by atoms with Crippen LogP contribution in [0.4, 0.5) is 0 Å². The number of nitrogens with zero attached hydrogens (tertiary/aromatic N) is 1. The summed E-state index contributed by atoms with van der Waals surface area (Å²) in [6.45, 7) is 6.23. The molecule has 0 amide bonds. The molecule has 0 aromatic rings. The summed E-state index contributed by atoms with van der Waals surface area (Å²) in [5.74, 6) is 5.33. The topological polar surface area (TPSA) is 62.4 Å². The van der Waals surface area contributed by atoms with Gasteiger partial charge in [-0.05, 0) is 36.4 Å². The zero-order valence-corrected chi connectivity index (χ0v) is 10.7. The Balaban J connectivity index is 2.76. The lowest BCUT2D eigenvalue weighted by Gasteiger charge is -2.05. The third-order valence-electron chi connectivity index (χ3n) is 2.51. The monoisotopic (exact) mass is 244 g/mol. The molecule has 0 bridgehead atoms. The van der Waals surface area contributed by atoms with Crippen LogP contribution in [0.15, 0.2) is 64.6 Å². The van der Waals surface area contributed by atoms with Gasteiger partial charge in [0.2, 0.25) is 0 Å². The molecule has 4 N–H and O–H groups in total. The number of hydrogen-bond donors (Lipinski definition) is 3. The third-order valence-corrected chi connectivity index (χ3v) is 2.51. The van der Waals surface area contributed by atoms with Gasteiger partial charge < -0.3 is 10.7 Å². The molecule has 0 atom stereocenters. The van der Waals surface area contributed by atoms with E-state index in [1.807, 2.05) is 37.4 Å². The highest BCUT2D eigenvalue weighted by molar-refractivity contribution is 5.43. The Labute approximate surface area is 108 Å². The Morgan fingerprint density at radius 1 is 1.67 bits per heavy atom. The van der Waals surface area contributed by atoms with Crippen molar-refractivity contribution in [1.29, 1.82) is 0 Å². The van der Waals surface area contributed by atoms with Crippen molar-refractivity contribution in [3.05, 3.63) is 59.6 Å². The molecule has 18 heavy (non-hydrogen) atoms. The van der Waals surface area contributed by atoms with Crippen LogP contribution in [0, 0.1) is 0 Å². The molecule has 96 valence electrons. The maximum absolute atomic E-state index is 5.33. The van der Waals surface area contributed by atoms with Crippen LogP contribution >= 0.6 is 0 Å². The van der Waals surface area contributed by atoms with Gasteiger partial charge in [-0.3, -0.25) is 10.8 Å². The maximum Gasteiger partial charge on any atom is 0.0398 e. The molecular weight excluding hydrogens is 224 g/mol. The molecule has 0 aliphatic carbocycles. The van der Waals surface area contributed by atoms with Crippen LogP contribution in [0.25, 0.3) is 0 Å². The second-order valence-electron chi connectivity index (χ2n) is 3.83. The highest BCUT2D eigenvalue weighted by Crippen LogP contribution is 2.22. The largest absolute Gasteiger partial charge is 0.387 e. The van der Waals surface area contributed by atoms with Crippen LogP contribution in [0.5, 0.6) is 0 Å². The van der Waals surface area contributed by atoms with Crippen molar-refractivity contribution in [3.8, 4) is 0 Å². The molecule has 0 aromatic carbocycles. The predicted octanol–water partition coefficient (Wildman–Crippen LogP) is 1.93. The van der Waals surface area contributed by atoms with Gasteiger partial charge in [0, 0.05) is 31.6 Å². The van der Waals surface area contributed by atoms with Crippen LogP contribution in [0.1, 0.15) is 13.3 Å². The van der Waals surface area contributed by atoms with Crippen molar-refractivity contribution in [3.63, 3.8) is 0 Å². The summed E-state index contributed by atoms with van der Waals surface area (Å²) in [6, 6.07) is 0. The van der Waals surface area contributed by atoms with Crippen molar-refractivity contribution in [2.24, 2.45) is 10.8 Å². The SMILES string of the molecule is C=N/C=C\C=C1/CNC=C1CC(/C=C\C)=C/NN. The Morgan fingerprint density at radius 2 is 2.50 bits per heavy atom. The molecule has 1 rings (SSSR count). The Hall–Kier alpha value is -2.07. The fraction of sp³-hybridized carbons (Fsp3) is 0.214. The average Bonchev–Trinajstić information content (AvgIpc) is 2.78. The summed E-state index contributed by atoms with van der Waals surface area (Å²) < 4.78 is 0. The Kier molecular flexibility index (Phi) is 6.28. The summed E-state index contributed by atoms with van der Waals surface area (Å²) >= 11 is 0. The highest BCUT2D eigenvalue weighted by Gasteiger charge is 2.11. The lowest BCUT2D eigenvalue weighted by Crippen LogP contribution is -2.14. The number of rotatable bonds is 6. The lowest BCUT2D eigenvalue weighted by molar-refractivity contribution is 0.945. The molecule has 0 saturated carbocycles. The van der Waals surface area contributed by atoms with E-state index in [0.717, 1.165) is 18.5 Å². The van der Waals surface area contributed by atoms with E-state index in [9.17, 15) is 0 Å². The Morgan fingerprint density at radius 3 is 3.17 bits per heavy atom. The molecule has 0 fully saturated rings. The van der Waals surface area contributed by atoms with Gasteiger partial charge in [0.25, 0.3) is 0 Å². The molecule has 4 nitrogen and oxygen atoms in total. The minimum absolute atomic E-state index is 0.836. The van der Waals surface area contributed by atoms with Gasteiger partial charge in [0.05, 0.1) is 0 Å². The minimum Gasteiger partial charge on any atom is -0.387 e. The van der Waals surface area contributed by atoms with Gasteiger partial charge in [-0.1, -0.05) is 18.2 Å². The summed E-state index contributed by atoms with van der Waals surface area (Å²) in [5, 5.41) is 3.23. The van der Waals surface area contributed by atoms with Gasteiger partial charge in [-0.25, -0.2) is 0 Å². The van der Waals surface area contributed by atoms with Crippen LogP contribution in [0.2, 0.25) is 0 Å². The first-order chi connectivity index (χ1) is 8.81. The second kappa shape index (κ2) is 8.08. The lowest BCUT2D eigenvalue weighted by atomic mass is 10.0. The second-order valence-corrected chi connectivity index (χ2v) is 3.83. The van der Waals surface area contributed by atoms with Crippen molar-refractivity contribution in [2.75, 3.05) is 6.54 Å². The molecule has 0 saturated heterocycles. The molecule has 1 aliphatic rings. The first-order valence-corrected chi connectivity index (χ1v) is 5.84. The van der Waals surface area contributed by atoms with E-state index in [0.29, 0.717) is 0 Å². The van der Waals surface area contributed by atoms with E-state index in [2.05, 4.69) is 22.5 Å². The van der Waals surface area contributed by atoms with E-state index in [1.54, 1.807) is 12.4 Å². The van der Waals surface area contributed by atoms with E-state index >= 15 is 0 Å². The first kappa shape index (κ1) is 14.0.